The average Bonchev–Trinajstić information content (AvgIpc) is 2.17. The molecule has 0 aromatic carbocycles. The van der Waals surface area contributed by atoms with Crippen LogP contribution in [0, 0.1) is 0 Å². The van der Waals surface area contributed by atoms with Gasteiger partial charge in [0.15, 0.2) is 0 Å². The Labute approximate surface area is 91.8 Å². The molecule has 1 saturated heterocycles. The van der Waals surface area contributed by atoms with E-state index in [0.29, 0.717) is 19.1 Å². The molecule has 88 valence electrons. The number of ether oxygens (including phenoxy) is 1. The van der Waals surface area contributed by atoms with Crippen LogP contribution in [0.25, 0.3) is 0 Å². The third-order valence-corrected chi connectivity index (χ3v) is 2.98. The molecule has 0 bridgehead atoms. The molecule has 1 rings (SSSR count). The van der Waals surface area contributed by atoms with Gasteiger partial charge in [0, 0.05) is 38.8 Å². The number of hydrogen-bond donors (Lipinski definition) is 1. The monoisotopic (exact) mass is 214 g/mol. The number of likely N-dealkylation sites (tertiary alicyclic amines) is 1. The molecule has 4 nitrogen and oxygen atoms in total. The van der Waals surface area contributed by atoms with Crippen molar-refractivity contribution in [3.05, 3.63) is 0 Å². The summed E-state index contributed by atoms with van der Waals surface area (Å²) in [5, 5.41) is 0. The quantitative estimate of drug-likeness (QED) is 0.703. The fraction of sp³-hybridized carbons (Fsp3) is 0.909. The molecule has 0 saturated carbocycles. The summed E-state index contributed by atoms with van der Waals surface area (Å²) < 4.78 is 4.93. The van der Waals surface area contributed by atoms with Crippen LogP contribution in [0.1, 0.15) is 32.6 Å². The van der Waals surface area contributed by atoms with Crippen LogP contribution in [0.3, 0.4) is 0 Å². The van der Waals surface area contributed by atoms with Crippen molar-refractivity contribution in [1.29, 1.82) is 0 Å². The number of rotatable bonds is 4. The van der Waals surface area contributed by atoms with E-state index < -0.39 is 0 Å². The van der Waals surface area contributed by atoms with Crippen LogP contribution in [-0.4, -0.2) is 43.2 Å². The number of carbonyl (C=O) groups excluding carboxylic acids is 1. The highest BCUT2D eigenvalue weighted by Gasteiger charge is 2.26. The van der Waals surface area contributed by atoms with Crippen molar-refractivity contribution in [2.75, 3.05) is 20.3 Å². The first kappa shape index (κ1) is 12.5. The molecule has 2 unspecified atom stereocenters. The molecule has 2 atom stereocenters. The van der Waals surface area contributed by atoms with Crippen molar-refractivity contribution in [3.63, 3.8) is 0 Å². The molecule has 0 aromatic rings. The van der Waals surface area contributed by atoms with E-state index in [1.54, 1.807) is 7.11 Å². The summed E-state index contributed by atoms with van der Waals surface area (Å²) in [4.78, 5) is 13.8. The van der Waals surface area contributed by atoms with E-state index in [4.69, 9.17) is 10.5 Å². The predicted molar refractivity (Wildman–Crippen MR) is 59.5 cm³/mol. The first-order chi connectivity index (χ1) is 7.15. The van der Waals surface area contributed by atoms with Gasteiger partial charge in [0.2, 0.25) is 5.91 Å². The maximum Gasteiger partial charge on any atom is 0.222 e. The number of methoxy groups -OCH3 is 1. The highest BCUT2D eigenvalue weighted by atomic mass is 16.5. The van der Waals surface area contributed by atoms with E-state index in [2.05, 4.69) is 6.92 Å². The molecule has 15 heavy (non-hydrogen) atoms. The topological polar surface area (TPSA) is 55.6 Å². The molecule has 1 heterocycles. The lowest BCUT2D eigenvalue weighted by atomic mass is 9.98. The Bertz CT molecular complexity index is 209. The van der Waals surface area contributed by atoms with Gasteiger partial charge in [-0.1, -0.05) is 0 Å². The van der Waals surface area contributed by atoms with Crippen molar-refractivity contribution < 1.29 is 9.53 Å². The van der Waals surface area contributed by atoms with Crippen LogP contribution in [0.5, 0.6) is 0 Å². The number of carbonyl (C=O) groups is 1. The van der Waals surface area contributed by atoms with Gasteiger partial charge in [-0.25, -0.2) is 0 Å². The second kappa shape index (κ2) is 6.08. The Hall–Kier alpha value is -0.610. The number of nitrogens with zero attached hydrogens (tertiary/aromatic N) is 1. The minimum atomic E-state index is 0.242. The molecular weight excluding hydrogens is 192 g/mol. The molecule has 1 aliphatic heterocycles. The normalized spacial score (nSPS) is 26.7. The summed E-state index contributed by atoms with van der Waals surface area (Å²) in [6.07, 6.45) is 3.26. The summed E-state index contributed by atoms with van der Waals surface area (Å²) in [5.41, 5.74) is 5.85. The summed E-state index contributed by atoms with van der Waals surface area (Å²) in [5.74, 6) is 0.242. The van der Waals surface area contributed by atoms with Crippen molar-refractivity contribution in [3.8, 4) is 0 Å². The molecule has 1 amide bonds. The highest BCUT2D eigenvalue weighted by Crippen LogP contribution is 2.17. The lowest BCUT2D eigenvalue weighted by Crippen LogP contribution is -2.48. The first-order valence-corrected chi connectivity index (χ1v) is 5.69. The van der Waals surface area contributed by atoms with Crippen LogP contribution in [0.2, 0.25) is 0 Å². The Morgan fingerprint density at radius 2 is 2.33 bits per heavy atom. The Balaban J connectivity index is 2.32. The van der Waals surface area contributed by atoms with Crippen LogP contribution in [0.4, 0.5) is 0 Å². The summed E-state index contributed by atoms with van der Waals surface area (Å²) >= 11 is 0. The number of piperidine rings is 1. The number of hydrogen-bond acceptors (Lipinski definition) is 3. The van der Waals surface area contributed by atoms with Gasteiger partial charge in [0.05, 0.1) is 0 Å². The molecular formula is C11H22N2O2. The van der Waals surface area contributed by atoms with E-state index >= 15 is 0 Å². The fourth-order valence-electron chi connectivity index (χ4n) is 2.09. The molecule has 2 N–H and O–H groups in total. The minimum Gasteiger partial charge on any atom is -0.385 e. The van der Waals surface area contributed by atoms with Crippen LogP contribution < -0.4 is 5.73 Å². The molecule has 1 aliphatic rings. The SMILES string of the molecule is COCCCC(=O)N1CCC(N)CC1C. The van der Waals surface area contributed by atoms with Crippen LogP contribution >= 0.6 is 0 Å². The van der Waals surface area contributed by atoms with Gasteiger partial charge in [-0.05, 0) is 26.2 Å². The zero-order valence-corrected chi connectivity index (χ0v) is 9.74. The van der Waals surface area contributed by atoms with Crippen LogP contribution in [-0.2, 0) is 9.53 Å². The molecule has 4 heteroatoms. The van der Waals surface area contributed by atoms with Gasteiger partial charge < -0.3 is 15.4 Å². The van der Waals surface area contributed by atoms with Gasteiger partial charge in [0.1, 0.15) is 0 Å². The van der Waals surface area contributed by atoms with Gasteiger partial charge >= 0.3 is 0 Å². The highest BCUT2D eigenvalue weighted by molar-refractivity contribution is 5.76. The van der Waals surface area contributed by atoms with E-state index in [1.165, 1.54) is 0 Å². The van der Waals surface area contributed by atoms with Crippen molar-refractivity contribution in [1.82, 2.24) is 4.90 Å². The Morgan fingerprint density at radius 1 is 1.60 bits per heavy atom. The summed E-state index contributed by atoms with van der Waals surface area (Å²) in [7, 11) is 1.66. The zero-order chi connectivity index (χ0) is 11.3. The summed E-state index contributed by atoms with van der Waals surface area (Å²) in [6, 6.07) is 0.562. The van der Waals surface area contributed by atoms with Gasteiger partial charge in [-0.3, -0.25) is 4.79 Å². The number of nitrogens with two attached hydrogens (primary N) is 1. The third kappa shape index (κ3) is 3.80. The molecule has 0 aliphatic carbocycles. The standard InChI is InChI=1S/C11H22N2O2/c1-9-8-10(12)5-6-13(9)11(14)4-3-7-15-2/h9-10H,3-8,12H2,1-2H3. The molecule has 0 radical (unpaired) electrons. The lowest BCUT2D eigenvalue weighted by molar-refractivity contribution is -0.134. The van der Waals surface area contributed by atoms with E-state index in [-0.39, 0.29) is 11.9 Å². The minimum absolute atomic E-state index is 0.242. The second-order valence-electron chi connectivity index (χ2n) is 4.32. The largest absolute Gasteiger partial charge is 0.385 e. The third-order valence-electron chi connectivity index (χ3n) is 2.98. The van der Waals surface area contributed by atoms with Gasteiger partial charge in [-0.15, -0.1) is 0 Å². The maximum absolute atomic E-state index is 11.8. The smallest absolute Gasteiger partial charge is 0.222 e. The summed E-state index contributed by atoms with van der Waals surface area (Å²) in [6.45, 7) is 3.55. The Morgan fingerprint density at radius 3 is 2.93 bits per heavy atom. The lowest BCUT2D eigenvalue weighted by Gasteiger charge is -2.36. The zero-order valence-electron chi connectivity index (χ0n) is 9.74. The van der Waals surface area contributed by atoms with Crippen molar-refractivity contribution >= 4 is 5.91 Å². The molecule has 0 spiro atoms. The van der Waals surface area contributed by atoms with Crippen molar-refractivity contribution in [2.45, 2.75) is 44.7 Å². The number of amides is 1. The second-order valence-corrected chi connectivity index (χ2v) is 4.32. The predicted octanol–water partition coefficient (Wildman–Crippen LogP) is 0.751. The molecule has 0 aromatic heterocycles. The first-order valence-electron chi connectivity index (χ1n) is 5.69. The fourth-order valence-corrected chi connectivity index (χ4v) is 2.09. The van der Waals surface area contributed by atoms with Gasteiger partial charge in [-0.2, -0.15) is 0 Å². The van der Waals surface area contributed by atoms with Gasteiger partial charge in [0.25, 0.3) is 0 Å². The van der Waals surface area contributed by atoms with Crippen LogP contribution in [0.15, 0.2) is 0 Å². The maximum atomic E-state index is 11.8. The van der Waals surface area contributed by atoms with E-state index in [9.17, 15) is 4.79 Å². The van der Waals surface area contributed by atoms with E-state index in [1.807, 2.05) is 4.90 Å². The molecule has 1 fully saturated rings. The van der Waals surface area contributed by atoms with E-state index in [0.717, 1.165) is 25.8 Å². The average molecular weight is 214 g/mol. The van der Waals surface area contributed by atoms with Crippen molar-refractivity contribution in [2.24, 2.45) is 5.73 Å². The Kier molecular flexibility index (Phi) is 5.05.